The highest BCUT2D eigenvalue weighted by Crippen LogP contribution is 2.39. The molecule has 2 aliphatic rings. The van der Waals surface area contributed by atoms with Crippen LogP contribution in [0, 0.1) is 11.8 Å². The molecular formula is C20H22Cl2F3N3O4. The van der Waals surface area contributed by atoms with Crippen molar-refractivity contribution in [1.29, 1.82) is 0 Å². The van der Waals surface area contributed by atoms with Crippen LogP contribution in [0.15, 0.2) is 12.1 Å². The van der Waals surface area contributed by atoms with Gasteiger partial charge in [0.15, 0.2) is 0 Å². The third-order valence-electron chi connectivity index (χ3n) is 5.82. The summed E-state index contributed by atoms with van der Waals surface area (Å²) in [5.74, 6) is -3.34. The van der Waals surface area contributed by atoms with E-state index in [9.17, 15) is 27.6 Å². The van der Waals surface area contributed by atoms with Gasteiger partial charge in [-0.2, -0.15) is 13.2 Å². The smallest absolute Gasteiger partial charge is 0.419 e. The fourth-order valence-electron chi connectivity index (χ4n) is 3.99. The first kappa shape index (κ1) is 24.6. The van der Waals surface area contributed by atoms with Crippen LogP contribution < -0.4 is 15.8 Å². The summed E-state index contributed by atoms with van der Waals surface area (Å²) >= 11 is 11.9. The summed E-state index contributed by atoms with van der Waals surface area (Å²) in [5.41, 5.74) is 6.46. The zero-order chi connectivity index (χ0) is 23.6. The highest BCUT2D eigenvalue weighted by molar-refractivity contribution is 6.42. The Bertz CT molecular complexity index is 895. The molecule has 2 aliphatic heterocycles. The molecule has 32 heavy (non-hydrogen) atoms. The van der Waals surface area contributed by atoms with E-state index in [1.807, 2.05) is 0 Å². The maximum absolute atomic E-state index is 12.7. The van der Waals surface area contributed by atoms with Crippen LogP contribution in [0.5, 0.6) is 5.75 Å². The molecule has 2 saturated heterocycles. The van der Waals surface area contributed by atoms with Gasteiger partial charge in [-0.3, -0.25) is 9.59 Å². The molecule has 2 atom stereocenters. The Morgan fingerprint density at radius 3 is 2.34 bits per heavy atom. The van der Waals surface area contributed by atoms with E-state index >= 15 is 0 Å². The van der Waals surface area contributed by atoms with Gasteiger partial charge in [0.1, 0.15) is 5.75 Å². The van der Waals surface area contributed by atoms with Gasteiger partial charge in [-0.1, -0.05) is 23.2 Å². The third-order valence-corrected chi connectivity index (χ3v) is 6.54. The lowest BCUT2D eigenvalue weighted by atomic mass is 9.85. The first-order valence-electron chi connectivity index (χ1n) is 10.1. The first-order chi connectivity index (χ1) is 15.0. The van der Waals surface area contributed by atoms with E-state index < -0.39 is 23.9 Å². The van der Waals surface area contributed by atoms with Gasteiger partial charge in [0.05, 0.1) is 16.0 Å². The van der Waals surface area contributed by atoms with Crippen LogP contribution in [0.3, 0.4) is 0 Å². The topological polar surface area (TPSA) is 102 Å². The molecule has 3 N–H and O–H groups in total. The first-order valence-corrected chi connectivity index (χ1v) is 10.8. The Kier molecular flexibility index (Phi) is 7.57. The maximum Gasteiger partial charge on any atom is 0.491 e. The number of esters is 1. The minimum absolute atomic E-state index is 0.0358. The number of ether oxygens (including phenoxy) is 1. The number of carbonyl (C=O) groups is 3. The molecule has 0 aliphatic carbocycles. The number of benzene rings is 1. The lowest BCUT2D eigenvalue weighted by Gasteiger charge is -2.37. The number of nitrogens with two attached hydrogens (primary N) is 1. The molecule has 7 nitrogen and oxygen atoms in total. The molecule has 0 saturated carbocycles. The number of nitrogens with one attached hydrogen (secondary N) is 1. The summed E-state index contributed by atoms with van der Waals surface area (Å²) in [5, 5.41) is 2.68. The van der Waals surface area contributed by atoms with Gasteiger partial charge >= 0.3 is 12.1 Å². The van der Waals surface area contributed by atoms with Gasteiger partial charge < -0.3 is 20.7 Å². The number of carbonyl (C=O) groups excluding carboxylic acids is 3. The molecule has 12 heteroatoms. The number of nitrogens with zero attached hydrogens (tertiary/aromatic N) is 1. The highest BCUT2D eigenvalue weighted by atomic mass is 35.5. The molecule has 2 heterocycles. The van der Waals surface area contributed by atoms with Crippen LogP contribution in [0.25, 0.3) is 0 Å². The van der Waals surface area contributed by atoms with Crippen molar-refractivity contribution in [3.8, 4) is 5.75 Å². The largest absolute Gasteiger partial charge is 0.491 e. The number of alkyl halides is 3. The van der Waals surface area contributed by atoms with Crippen molar-refractivity contribution in [2.45, 2.75) is 37.9 Å². The van der Waals surface area contributed by atoms with E-state index in [4.69, 9.17) is 28.9 Å². The Morgan fingerprint density at radius 2 is 1.78 bits per heavy atom. The molecule has 1 aromatic carbocycles. The lowest BCUT2D eigenvalue weighted by molar-refractivity contribution is -0.189. The van der Waals surface area contributed by atoms with Crippen molar-refractivity contribution in [1.82, 2.24) is 10.2 Å². The van der Waals surface area contributed by atoms with Crippen LogP contribution in [-0.2, 0) is 14.4 Å². The fraction of sp³-hybridized carbons (Fsp3) is 0.550. The normalized spacial score (nSPS) is 21.1. The summed E-state index contributed by atoms with van der Waals surface area (Å²) in [7, 11) is 0. The zero-order valence-corrected chi connectivity index (χ0v) is 18.4. The number of halogens is 5. The predicted octanol–water partition coefficient (Wildman–Crippen LogP) is 3.23. The van der Waals surface area contributed by atoms with Crippen LogP contribution >= 0.6 is 23.2 Å². The standard InChI is InChI=1S/C20H22Cl2F3N3O4/c21-13-7-12(15(8-14(13)22)32-19(31)20(23,24)25)17(26)10-3-5-28(6-4-10)18(30)11-1-2-16(29)27-9-11/h7-8,10-11,17H,1-6,9,26H2,(H,27,29)/t11-,17-/m1/s1. The summed E-state index contributed by atoms with van der Waals surface area (Å²) in [6.45, 7) is 1.15. The molecule has 0 unspecified atom stereocenters. The molecule has 0 spiro atoms. The van der Waals surface area contributed by atoms with Crippen molar-refractivity contribution >= 4 is 41.0 Å². The summed E-state index contributed by atoms with van der Waals surface area (Å²) in [6, 6.07) is 1.56. The second-order valence-corrected chi connectivity index (χ2v) is 8.73. The van der Waals surface area contributed by atoms with Crippen LogP contribution in [-0.4, -0.2) is 48.5 Å². The SMILES string of the molecule is N[C@@H](c1cc(Cl)c(Cl)cc1OC(=O)C(F)(F)F)C1CCN(C(=O)[C@@H]2CCC(=O)NC2)CC1. The summed E-state index contributed by atoms with van der Waals surface area (Å²) in [6.07, 6.45) is -3.37. The van der Waals surface area contributed by atoms with Gasteiger partial charge in [0.25, 0.3) is 0 Å². The molecule has 1 aromatic rings. The van der Waals surface area contributed by atoms with Crippen molar-refractivity contribution in [2.24, 2.45) is 17.6 Å². The zero-order valence-electron chi connectivity index (χ0n) is 16.9. The van der Waals surface area contributed by atoms with Gasteiger partial charge in [0, 0.05) is 43.7 Å². The van der Waals surface area contributed by atoms with Crippen molar-refractivity contribution in [2.75, 3.05) is 19.6 Å². The predicted molar refractivity (Wildman–Crippen MR) is 110 cm³/mol. The van der Waals surface area contributed by atoms with Crippen LogP contribution in [0.4, 0.5) is 13.2 Å². The average Bonchev–Trinajstić information content (AvgIpc) is 2.75. The van der Waals surface area contributed by atoms with Crippen molar-refractivity contribution < 1.29 is 32.3 Å². The van der Waals surface area contributed by atoms with Gasteiger partial charge in [0.2, 0.25) is 11.8 Å². The minimum Gasteiger partial charge on any atom is -0.419 e. The lowest BCUT2D eigenvalue weighted by Crippen LogP contribution is -2.48. The number of hydrogen-bond acceptors (Lipinski definition) is 5. The average molecular weight is 496 g/mol. The van der Waals surface area contributed by atoms with E-state index in [0.717, 1.165) is 6.07 Å². The molecule has 0 aromatic heterocycles. The monoisotopic (exact) mass is 495 g/mol. The molecule has 2 fully saturated rings. The Hall–Kier alpha value is -2.04. The Morgan fingerprint density at radius 1 is 1.16 bits per heavy atom. The summed E-state index contributed by atoms with van der Waals surface area (Å²) in [4.78, 5) is 37.0. The van der Waals surface area contributed by atoms with E-state index in [-0.39, 0.29) is 39.3 Å². The van der Waals surface area contributed by atoms with E-state index in [1.54, 1.807) is 4.90 Å². The van der Waals surface area contributed by atoms with Crippen LogP contribution in [0.2, 0.25) is 10.0 Å². The third kappa shape index (κ3) is 5.65. The van der Waals surface area contributed by atoms with Gasteiger partial charge in [-0.15, -0.1) is 0 Å². The second-order valence-electron chi connectivity index (χ2n) is 7.92. The van der Waals surface area contributed by atoms with Gasteiger partial charge in [-0.25, -0.2) is 4.79 Å². The van der Waals surface area contributed by atoms with E-state index in [2.05, 4.69) is 10.1 Å². The molecule has 2 amide bonds. The number of rotatable bonds is 4. The molecule has 0 radical (unpaired) electrons. The molecule has 176 valence electrons. The maximum atomic E-state index is 12.7. The Labute approximate surface area is 192 Å². The van der Waals surface area contributed by atoms with E-state index in [1.165, 1.54) is 6.07 Å². The second kappa shape index (κ2) is 9.84. The van der Waals surface area contributed by atoms with Crippen molar-refractivity contribution in [3.05, 3.63) is 27.7 Å². The summed E-state index contributed by atoms with van der Waals surface area (Å²) < 4.78 is 42.5. The number of piperidine rings is 2. The van der Waals surface area contributed by atoms with Crippen LogP contribution in [0.1, 0.15) is 37.3 Å². The number of likely N-dealkylation sites (tertiary alicyclic amines) is 1. The number of hydrogen-bond donors (Lipinski definition) is 2. The number of amides is 2. The van der Waals surface area contributed by atoms with Gasteiger partial charge in [-0.05, 0) is 31.2 Å². The van der Waals surface area contributed by atoms with E-state index in [0.29, 0.717) is 45.3 Å². The minimum atomic E-state index is -5.18. The molecule has 0 bridgehead atoms. The quantitative estimate of drug-likeness (QED) is 0.493. The molecular weight excluding hydrogens is 474 g/mol. The fourth-order valence-corrected chi connectivity index (χ4v) is 4.31. The van der Waals surface area contributed by atoms with Crippen molar-refractivity contribution in [3.63, 3.8) is 0 Å². The molecule has 3 rings (SSSR count). The Balaban J connectivity index is 1.68. The highest BCUT2D eigenvalue weighted by Gasteiger charge is 2.42.